The molecule has 2 atom stereocenters. The monoisotopic (exact) mass is 542 g/mol. The van der Waals surface area contributed by atoms with E-state index >= 15 is 0 Å². The zero-order chi connectivity index (χ0) is 29.4. The molecule has 0 bridgehead atoms. The highest BCUT2D eigenvalue weighted by Gasteiger charge is 2.36. The van der Waals surface area contributed by atoms with Gasteiger partial charge in [0, 0.05) is 18.7 Å². The fraction of sp³-hybridized carbons (Fsp3) is 0.600. The van der Waals surface area contributed by atoms with Gasteiger partial charge in [0.1, 0.15) is 17.7 Å². The van der Waals surface area contributed by atoms with Gasteiger partial charge in [0.2, 0.25) is 17.7 Å². The van der Waals surface area contributed by atoms with Gasteiger partial charge in [0.05, 0.1) is 6.42 Å². The smallest absolute Gasteiger partial charge is 0.408 e. The quantitative estimate of drug-likeness (QED) is 0.213. The van der Waals surface area contributed by atoms with Crippen molar-refractivity contribution in [2.24, 2.45) is 5.73 Å². The number of nitrogens with one attached hydrogen (secondary N) is 2. The van der Waals surface area contributed by atoms with E-state index < -0.39 is 42.0 Å². The molecular formula is C30H46N4O5. The second kappa shape index (κ2) is 17.1. The largest absolute Gasteiger partial charge is 0.444 e. The molecule has 2 unspecified atom stereocenters. The van der Waals surface area contributed by atoms with Crippen LogP contribution in [0.1, 0.15) is 103 Å². The van der Waals surface area contributed by atoms with Crippen molar-refractivity contribution >= 4 is 23.8 Å². The number of alkyl carbamates (subject to hydrolysis) is 1. The van der Waals surface area contributed by atoms with Gasteiger partial charge in [-0.25, -0.2) is 4.79 Å². The van der Waals surface area contributed by atoms with Crippen LogP contribution >= 0.6 is 0 Å². The van der Waals surface area contributed by atoms with Crippen LogP contribution in [-0.2, 0) is 19.1 Å². The van der Waals surface area contributed by atoms with E-state index in [1.807, 2.05) is 0 Å². The minimum absolute atomic E-state index is 0.244. The average molecular weight is 543 g/mol. The van der Waals surface area contributed by atoms with Gasteiger partial charge in [0.25, 0.3) is 0 Å². The third kappa shape index (κ3) is 12.7. The molecule has 0 aliphatic rings. The van der Waals surface area contributed by atoms with E-state index in [4.69, 9.17) is 16.9 Å². The molecule has 0 fully saturated rings. The zero-order valence-corrected chi connectivity index (χ0v) is 24.2. The highest BCUT2D eigenvalue weighted by atomic mass is 16.6. The first-order valence-electron chi connectivity index (χ1n) is 13.9. The second-order valence-electron chi connectivity index (χ2n) is 10.6. The van der Waals surface area contributed by atoms with E-state index in [2.05, 4.69) is 30.4 Å². The number of carbonyl (C=O) groups is 4. The topological polar surface area (TPSA) is 131 Å². The number of ether oxygens (including phenoxy) is 1. The van der Waals surface area contributed by atoms with Gasteiger partial charge < -0.3 is 26.0 Å². The number of hydrogen-bond donors (Lipinski definition) is 3. The summed E-state index contributed by atoms with van der Waals surface area (Å²) in [5, 5.41) is 5.46. The number of primary amides is 1. The molecule has 1 aromatic carbocycles. The van der Waals surface area contributed by atoms with Crippen molar-refractivity contribution < 1.29 is 23.9 Å². The van der Waals surface area contributed by atoms with Crippen molar-refractivity contribution in [2.75, 3.05) is 13.1 Å². The average Bonchev–Trinajstić information content (AvgIpc) is 2.86. The molecule has 1 aromatic rings. The number of carbonyl (C=O) groups excluding carboxylic acids is 4. The first kappa shape index (κ1) is 33.5. The predicted octanol–water partition coefficient (Wildman–Crippen LogP) is 4.19. The van der Waals surface area contributed by atoms with E-state index in [0.717, 1.165) is 38.5 Å². The molecule has 0 aliphatic heterocycles. The Kier molecular flexibility index (Phi) is 14.7. The van der Waals surface area contributed by atoms with Crippen LogP contribution in [-0.4, -0.2) is 53.4 Å². The Morgan fingerprint density at radius 2 is 1.62 bits per heavy atom. The van der Waals surface area contributed by atoms with Gasteiger partial charge in [-0.1, -0.05) is 64.0 Å². The van der Waals surface area contributed by atoms with Crippen LogP contribution in [0.2, 0.25) is 0 Å². The maximum absolute atomic E-state index is 14.0. The number of rotatable bonds is 16. The maximum atomic E-state index is 14.0. The van der Waals surface area contributed by atoms with Crippen LogP contribution in [0.5, 0.6) is 0 Å². The lowest BCUT2D eigenvalue weighted by Crippen LogP contribution is -2.54. The number of benzene rings is 1. The van der Waals surface area contributed by atoms with E-state index in [1.165, 1.54) is 4.90 Å². The van der Waals surface area contributed by atoms with Crippen LogP contribution in [0.3, 0.4) is 0 Å². The van der Waals surface area contributed by atoms with Crippen molar-refractivity contribution in [3.05, 3.63) is 35.4 Å². The van der Waals surface area contributed by atoms with Crippen molar-refractivity contribution in [3.63, 3.8) is 0 Å². The summed E-state index contributed by atoms with van der Waals surface area (Å²) in [5.41, 5.74) is 5.84. The summed E-state index contributed by atoms with van der Waals surface area (Å²) < 4.78 is 5.32. The minimum atomic E-state index is -1.30. The Labute approximate surface area is 233 Å². The fourth-order valence-electron chi connectivity index (χ4n) is 4.04. The van der Waals surface area contributed by atoms with Gasteiger partial charge >= 0.3 is 6.09 Å². The number of terminal acetylenes is 1. The summed E-state index contributed by atoms with van der Waals surface area (Å²) in [4.78, 5) is 53.5. The maximum Gasteiger partial charge on any atom is 0.408 e. The normalized spacial score (nSPS) is 12.5. The molecule has 1 rings (SSSR count). The molecule has 9 nitrogen and oxygen atoms in total. The van der Waals surface area contributed by atoms with Crippen LogP contribution in [0, 0.1) is 12.3 Å². The molecule has 0 radical (unpaired) electrons. The van der Waals surface area contributed by atoms with Gasteiger partial charge in [-0.05, 0) is 51.3 Å². The number of nitrogens with zero attached hydrogens (tertiary/aromatic N) is 1. The van der Waals surface area contributed by atoms with Crippen LogP contribution in [0.25, 0.3) is 0 Å². The van der Waals surface area contributed by atoms with E-state index in [0.29, 0.717) is 24.1 Å². The Hall–Kier alpha value is -3.54. The standard InChI is InChI=1S/C30H46N4O5/c1-7-10-12-14-20-34(28(37)24(21-25(31)35)33-29(38)39-30(4,5)6)26(27(36)32-19-13-11-8-2)23-17-15-22(9-3)16-18-23/h3,15-18,24,26H,7-8,10-14,19-21H2,1-2,4-6H3,(H2,31,35)(H,32,36)(H,33,38). The lowest BCUT2D eigenvalue weighted by Gasteiger charge is -2.34. The van der Waals surface area contributed by atoms with Gasteiger partial charge in [-0.3, -0.25) is 14.4 Å². The van der Waals surface area contributed by atoms with Crippen molar-refractivity contribution in [1.82, 2.24) is 15.5 Å². The zero-order valence-electron chi connectivity index (χ0n) is 24.2. The summed E-state index contributed by atoms with van der Waals surface area (Å²) in [6.07, 6.45) is 10.4. The van der Waals surface area contributed by atoms with Crippen LogP contribution < -0.4 is 16.4 Å². The molecule has 0 spiro atoms. The number of unbranched alkanes of at least 4 members (excludes halogenated alkanes) is 5. The van der Waals surface area contributed by atoms with E-state index in [1.54, 1.807) is 45.0 Å². The molecule has 0 aromatic heterocycles. The summed E-state index contributed by atoms with van der Waals surface area (Å²) in [5.74, 6) is 0.848. The molecule has 4 N–H and O–H groups in total. The summed E-state index contributed by atoms with van der Waals surface area (Å²) >= 11 is 0. The van der Waals surface area contributed by atoms with Gasteiger partial charge in [-0.15, -0.1) is 6.42 Å². The fourth-order valence-corrected chi connectivity index (χ4v) is 4.04. The molecule has 216 valence electrons. The molecule has 0 saturated carbocycles. The molecule has 0 saturated heterocycles. The third-order valence-electron chi connectivity index (χ3n) is 5.96. The SMILES string of the molecule is C#Cc1ccc(C(C(=O)NCCCCC)N(CCCCCC)C(=O)C(CC(N)=O)NC(=O)OC(C)(C)C)cc1. The number of amides is 4. The Morgan fingerprint density at radius 1 is 1.00 bits per heavy atom. The van der Waals surface area contributed by atoms with Gasteiger partial charge in [0.15, 0.2) is 0 Å². The summed E-state index contributed by atoms with van der Waals surface area (Å²) in [7, 11) is 0. The number of hydrogen-bond acceptors (Lipinski definition) is 5. The Morgan fingerprint density at radius 3 is 2.15 bits per heavy atom. The van der Waals surface area contributed by atoms with Gasteiger partial charge in [-0.2, -0.15) is 0 Å². The van der Waals surface area contributed by atoms with Crippen LogP contribution in [0.15, 0.2) is 24.3 Å². The highest BCUT2D eigenvalue weighted by Crippen LogP contribution is 2.25. The predicted molar refractivity (Wildman–Crippen MR) is 152 cm³/mol. The van der Waals surface area contributed by atoms with E-state index in [-0.39, 0.29) is 12.5 Å². The molecule has 9 heteroatoms. The second-order valence-corrected chi connectivity index (χ2v) is 10.6. The van der Waals surface area contributed by atoms with Crippen molar-refractivity contribution in [2.45, 2.75) is 104 Å². The highest BCUT2D eigenvalue weighted by molar-refractivity contribution is 5.94. The lowest BCUT2D eigenvalue weighted by molar-refractivity contribution is -0.143. The summed E-state index contributed by atoms with van der Waals surface area (Å²) in [6, 6.07) is 4.58. The summed E-state index contributed by atoms with van der Waals surface area (Å²) in [6.45, 7) is 9.93. The molecule has 0 aliphatic carbocycles. The van der Waals surface area contributed by atoms with Crippen molar-refractivity contribution in [3.8, 4) is 12.3 Å². The minimum Gasteiger partial charge on any atom is -0.444 e. The van der Waals surface area contributed by atoms with E-state index in [9.17, 15) is 19.2 Å². The Bertz CT molecular complexity index is 979. The molecule has 4 amide bonds. The first-order valence-corrected chi connectivity index (χ1v) is 13.9. The molecule has 0 heterocycles. The molecular weight excluding hydrogens is 496 g/mol. The van der Waals surface area contributed by atoms with Crippen molar-refractivity contribution in [1.29, 1.82) is 0 Å². The third-order valence-corrected chi connectivity index (χ3v) is 5.96. The number of nitrogens with two attached hydrogens (primary N) is 1. The first-order chi connectivity index (χ1) is 18.4. The lowest BCUT2D eigenvalue weighted by atomic mass is 10.00. The Balaban J connectivity index is 3.47. The molecule has 39 heavy (non-hydrogen) atoms. The van der Waals surface area contributed by atoms with Crippen LogP contribution in [0.4, 0.5) is 4.79 Å².